The molecule has 128 valence electrons. The van der Waals surface area contributed by atoms with Crippen molar-refractivity contribution in [3.8, 4) is 0 Å². The first-order valence-corrected chi connectivity index (χ1v) is 8.84. The summed E-state index contributed by atoms with van der Waals surface area (Å²) < 4.78 is 0. The van der Waals surface area contributed by atoms with Gasteiger partial charge in [-0.05, 0) is 63.0 Å². The monoisotopic (exact) mass is 336 g/mol. The fourth-order valence-electron chi connectivity index (χ4n) is 4.08. The van der Waals surface area contributed by atoms with E-state index in [1.807, 2.05) is 0 Å². The molecule has 1 unspecified atom stereocenters. The van der Waals surface area contributed by atoms with Gasteiger partial charge in [0, 0.05) is 6.04 Å². The van der Waals surface area contributed by atoms with Crippen LogP contribution in [0.2, 0.25) is 0 Å². The number of rotatable bonds is 4. The van der Waals surface area contributed by atoms with Gasteiger partial charge in [-0.1, -0.05) is 37.3 Å². The molecular weight excluding hydrogens is 308 g/mol. The molecule has 1 aliphatic carbocycles. The quantitative estimate of drug-likeness (QED) is 0.878. The van der Waals surface area contributed by atoms with E-state index in [2.05, 4.69) is 47.9 Å². The van der Waals surface area contributed by atoms with Gasteiger partial charge in [0.2, 0.25) is 5.91 Å². The Labute approximate surface area is 146 Å². The van der Waals surface area contributed by atoms with Crippen LogP contribution in [0.3, 0.4) is 0 Å². The normalized spacial score (nSPS) is 30.5. The molecule has 1 aromatic rings. The highest BCUT2D eigenvalue weighted by Gasteiger charge is 2.40. The molecule has 3 rings (SSSR count). The zero-order valence-corrected chi connectivity index (χ0v) is 14.8. The van der Waals surface area contributed by atoms with Crippen LogP contribution in [-0.4, -0.2) is 24.0 Å². The molecule has 1 heterocycles. The summed E-state index contributed by atoms with van der Waals surface area (Å²) in [5.74, 6) is 0.898. The molecule has 2 aliphatic rings. The van der Waals surface area contributed by atoms with Gasteiger partial charge in [0.15, 0.2) is 0 Å². The van der Waals surface area contributed by atoms with E-state index in [1.54, 1.807) is 0 Å². The van der Waals surface area contributed by atoms with E-state index in [0.717, 1.165) is 38.6 Å². The van der Waals surface area contributed by atoms with Gasteiger partial charge >= 0.3 is 0 Å². The van der Waals surface area contributed by atoms with Crippen molar-refractivity contribution in [1.29, 1.82) is 0 Å². The first-order chi connectivity index (χ1) is 10.7. The number of benzene rings is 1. The number of carbonyl (C=O) groups is 1. The van der Waals surface area contributed by atoms with Gasteiger partial charge in [-0.3, -0.25) is 4.79 Å². The van der Waals surface area contributed by atoms with Gasteiger partial charge in [-0.25, -0.2) is 0 Å². The molecule has 3 nitrogen and oxygen atoms in total. The zero-order valence-electron chi connectivity index (χ0n) is 14.0. The average Bonchev–Trinajstić information content (AvgIpc) is 3.07. The fourth-order valence-corrected chi connectivity index (χ4v) is 4.08. The summed E-state index contributed by atoms with van der Waals surface area (Å²) in [4.78, 5) is 12.6. The summed E-state index contributed by atoms with van der Waals surface area (Å²) in [5, 5.41) is 6.75. The van der Waals surface area contributed by atoms with Gasteiger partial charge in [-0.2, -0.15) is 0 Å². The van der Waals surface area contributed by atoms with Gasteiger partial charge in [0.25, 0.3) is 0 Å². The molecule has 1 amide bonds. The summed E-state index contributed by atoms with van der Waals surface area (Å²) in [6.07, 6.45) is 7.55. The molecule has 0 radical (unpaired) electrons. The van der Waals surface area contributed by atoms with Crippen molar-refractivity contribution in [2.75, 3.05) is 6.54 Å². The van der Waals surface area contributed by atoms with E-state index in [-0.39, 0.29) is 23.9 Å². The lowest BCUT2D eigenvalue weighted by atomic mass is 9.81. The lowest BCUT2D eigenvalue weighted by Crippen LogP contribution is -2.55. The van der Waals surface area contributed by atoms with Gasteiger partial charge in [0.1, 0.15) is 0 Å². The molecule has 1 aliphatic heterocycles. The maximum Gasteiger partial charge on any atom is 0.240 e. The summed E-state index contributed by atoms with van der Waals surface area (Å²) in [5.41, 5.74) is 1.16. The third-order valence-corrected chi connectivity index (χ3v) is 5.62. The second kappa shape index (κ2) is 8.16. The van der Waals surface area contributed by atoms with Crippen LogP contribution in [0, 0.1) is 0 Å². The first-order valence-electron chi connectivity index (χ1n) is 8.84. The molecule has 0 bridgehead atoms. The number of halogens is 1. The lowest BCUT2D eigenvalue weighted by Gasteiger charge is -2.33. The van der Waals surface area contributed by atoms with E-state index >= 15 is 0 Å². The summed E-state index contributed by atoms with van der Waals surface area (Å²) >= 11 is 0. The van der Waals surface area contributed by atoms with Crippen molar-refractivity contribution >= 4 is 18.3 Å². The van der Waals surface area contributed by atoms with E-state index < -0.39 is 0 Å². The van der Waals surface area contributed by atoms with E-state index in [9.17, 15) is 4.79 Å². The maximum atomic E-state index is 12.6. The van der Waals surface area contributed by atoms with Crippen LogP contribution in [-0.2, 0) is 4.79 Å². The molecular formula is C19H29ClN2O. The number of nitrogens with one attached hydrogen (secondary N) is 2. The molecule has 2 fully saturated rings. The summed E-state index contributed by atoms with van der Waals surface area (Å²) in [6, 6.07) is 11.2. The Balaban J connectivity index is 0.00000192. The standard InChI is InChI=1S/C19H28N2O.ClH/c1-2-19(13-6-14-20-19)18(22)21-17-11-9-16(10-12-17)15-7-4-3-5-8-15;/h3-5,7-8,16-17,20H,2,6,9-14H2,1H3,(H,21,22);1H. The highest BCUT2D eigenvalue weighted by atomic mass is 35.5. The number of carbonyl (C=O) groups excluding carboxylic acids is 1. The first kappa shape index (κ1) is 18.3. The molecule has 1 aromatic carbocycles. The van der Waals surface area contributed by atoms with Gasteiger partial charge in [-0.15, -0.1) is 12.4 Å². The molecule has 1 atom stereocenters. The minimum absolute atomic E-state index is 0. The van der Waals surface area contributed by atoms with Crippen molar-refractivity contribution in [2.24, 2.45) is 0 Å². The lowest BCUT2D eigenvalue weighted by molar-refractivity contribution is -0.128. The Morgan fingerprint density at radius 2 is 1.91 bits per heavy atom. The molecule has 4 heteroatoms. The zero-order chi connectivity index (χ0) is 15.4. The predicted molar refractivity (Wildman–Crippen MR) is 97.1 cm³/mol. The Morgan fingerprint density at radius 3 is 2.48 bits per heavy atom. The number of hydrogen-bond acceptors (Lipinski definition) is 2. The SMILES string of the molecule is CCC1(C(=O)NC2CCC(c3ccccc3)CC2)CCCN1.Cl. The van der Waals surface area contributed by atoms with Crippen LogP contribution in [0.25, 0.3) is 0 Å². The third-order valence-electron chi connectivity index (χ3n) is 5.62. The minimum Gasteiger partial charge on any atom is -0.352 e. The number of hydrogen-bond donors (Lipinski definition) is 2. The Hall–Kier alpha value is -1.06. The van der Waals surface area contributed by atoms with Crippen LogP contribution in [0.15, 0.2) is 30.3 Å². The highest BCUT2D eigenvalue weighted by Crippen LogP contribution is 2.33. The maximum absolute atomic E-state index is 12.6. The second-order valence-corrected chi connectivity index (χ2v) is 6.90. The smallest absolute Gasteiger partial charge is 0.240 e. The third kappa shape index (κ3) is 4.07. The van der Waals surface area contributed by atoms with Gasteiger partial charge < -0.3 is 10.6 Å². The fraction of sp³-hybridized carbons (Fsp3) is 0.632. The van der Waals surface area contributed by atoms with E-state index in [4.69, 9.17) is 0 Å². The Morgan fingerprint density at radius 1 is 1.22 bits per heavy atom. The minimum atomic E-state index is -0.295. The molecule has 23 heavy (non-hydrogen) atoms. The van der Waals surface area contributed by atoms with Crippen molar-refractivity contribution in [3.63, 3.8) is 0 Å². The summed E-state index contributed by atoms with van der Waals surface area (Å²) in [6.45, 7) is 3.09. The molecule has 0 spiro atoms. The Bertz CT molecular complexity index is 491. The topological polar surface area (TPSA) is 41.1 Å². The van der Waals surface area contributed by atoms with Crippen molar-refractivity contribution in [2.45, 2.75) is 69.4 Å². The molecule has 1 saturated heterocycles. The van der Waals surface area contributed by atoms with Crippen LogP contribution < -0.4 is 10.6 Å². The van der Waals surface area contributed by atoms with Crippen molar-refractivity contribution in [1.82, 2.24) is 10.6 Å². The van der Waals surface area contributed by atoms with Crippen molar-refractivity contribution in [3.05, 3.63) is 35.9 Å². The highest BCUT2D eigenvalue weighted by molar-refractivity contribution is 5.87. The van der Waals surface area contributed by atoms with Crippen LogP contribution in [0.5, 0.6) is 0 Å². The van der Waals surface area contributed by atoms with E-state index in [0.29, 0.717) is 12.0 Å². The number of amides is 1. The van der Waals surface area contributed by atoms with Crippen LogP contribution in [0.4, 0.5) is 0 Å². The van der Waals surface area contributed by atoms with E-state index in [1.165, 1.54) is 18.4 Å². The average molecular weight is 337 g/mol. The van der Waals surface area contributed by atoms with Crippen LogP contribution in [0.1, 0.15) is 63.4 Å². The summed E-state index contributed by atoms with van der Waals surface area (Å²) in [7, 11) is 0. The van der Waals surface area contributed by atoms with Gasteiger partial charge in [0.05, 0.1) is 5.54 Å². The largest absolute Gasteiger partial charge is 0.352 e. The second-order valence-electron chi connectivity index (χ2n) is 6.90. The Kier molecular flexibility index (Phi) is 6.49. The predicted octanol–water partition coefficient (Wildman–Crippen LogP) is 3.78. The van der Waals surface area contributed by atoms with Crippen LogP contribution >= 0.6 is 12.4 Å². The molecule has 0 aromatic heterocycles. The van der Waals surface area contributed by atoms with Crippen molar-refractivity contribution < 1.29 is 4.79 Å². The molecule has 1 saturated carbocycles. The molecule has 2 N–H and O–H groups in total.